The Bertz CT molecular complexity index is 921. The number of benzene rings is 2. The lowest BCUT2D eigenvalue weighted by atomic mass is 9.95. The Morgan fingerprint density at radius 1 is 1.13 bits per heavy atom. The lowest BCUT2D eigenvalue weighted by Gasteiger charge is -2.40. The molecular formula is C17H16N2O3S. The van der Waals surface area contributed by atoms with E-state index >= 15 is 0 Å². The van der Waals surface area contributed by atoms with Gasteiger partial charge in [-0.05, 0) is 30.2 Å². The van der Waals surface area contributed by atoms with E-state index in [1.54, 1.807) is 24.3 Å². The first kappa shape index (κ1) is 14.3. The number of nitrogens with zero attached hydrogens (tertiary/aromatic N) is 1. The minimum absolute atomic E-state index is 0.111. The van der Waals surface area contributed by atoms with Gasteiger partial charge in [0.2, 0.25) is 15.7 Å². The van der Waals surface area contributed by atoms with Gasteiger partial charge in [0, 0.05) is 13.5 Å². The van der Waals surface area contributed by atoms with Gasteiger partial charge in [-0.25, -0.2) is 8.42 Å². The van der Waals surface area contributed by atoms with E-state index in [2.05, 4.69) is 10.2 Å². The summed E-state index contributed by atoms with van der Waals surface area (Å²) in [5.74, 6) is -0.111. The maximum Gasteiger partial charge on any atom is 0.217 e. The molecule has 1 unspecified atom stereocenters. The van der Waals surface area contributed by atoms with Crippen LogP contribution in [0.5, 0.6) is 0 Å². The fraction of sp³-hybridized carbons (Fsp3) is 0.235. The highest BCUT2D eigenvalue weighted by Crippen LogP contribution is 2.49. The second kappa shape index (κ2) is 4.83. The molecule has 0 spiro atoms. The van der Waals surface area contributed by atoms with Crippen LogP contribution in [0.25, 0.3) is 0 Å². The van der Waals surface area contributed by atoms with Gasteiger partial charge in [-0.1, -0.05) is 24.3 Å². The molecule has 1 N–H and O–H groups in total. The zero-order chi connectivity index (χ0) is 16.2. The minimum atomic E-state index is -3.54. The molecule has 0 aliphatic carbocycles. The Balaban J connectivity index is 1.99. The number of anilines is 2. The van der Waals surface area contributed by atoms with Crippen LogP contribution in [0.4, 0.5) is 11.4 Å². The highest BCUT2D eigenvalue weighted by Gasteiger charge is 2.39. The number of sulfone groups is 1. The SMILES string of the molecule is CC(=O)NC1CCN2c3ccccc3S(=O)(=O)c3cccc1c32. The zero-order valence-corrected chi connectivity index (χ0v) is 13.4. The number of para-hydroxylation sites is 2. The van der Waals surface area contributed by atoms with Gasteiger partial charge in [0.25, 0.3) is 0 Å². The van der Waals surface area contributed by atoms with Gasteiger partial charge >= 0.3 is 0 Å². The van der Waals surface area contributed by atoms with Crippen molar-refractivity contribution in [3.05, 3.63) is 48.0 Å². The summed E-state index contributed by atoms with van der Waals surface area (Å²) < 4.78 is 25.9. The molecular weight excluding hydrogens is 312 g/mol. The van der Waals surface area contributed by atoms with Crippen LogP contribution in [0, 0.1) is 0 Å². The molecule has 2 aromatic rings. The van der Waals surface area contributed by atoms with Gasteiger partial charge in [-0.3, -0.25) is 4.79 Å². The summed E-state index contributed by atoms with van der Waals surface area (Å²) in [4.78, 5) is 14.2. The number of hydrogen-bond donors (Lipinski definition) is 1. The highest BCUT2D eigenvalue weighted by atomic mass is 32.2. The third kappa shape index (κ3) is 1.98. The van der Waals surface area contributed by atoms with Crippen molar-refractivity contribution in [3.63, 3.8) is 0 Å². The molecule has 1 amide bonds. The number of fused-ring (bicyclic) bond motifs is 2. The monoisotopic (exact) mass is 328 g/mol. The van der Waals surface area contributed by atoms with E-state index < -0.39 is 9.84 Å². The maximum atomic E-state index is 12.9. The second-order valence-corrected chi connectivity index (χ2v) is 7.75. The van der Waals surface area contributed by atoms with Crippen LogP contribution in [0.2, 0.25) is 0 Å². The molecule has 1 atom stereocenters. The van der Waals surface area contributed by atoms with Crippen molar-refractivity contribution in [1.82, 2.24) is 5.32 Å². The van der Waals surface area contributed by atoms with Crippen LogP contribution in [-0.2, 0) is 14.6 Å². The van der Waals surface area contributed by atoms with Crippen molar-refractivity contribution in [2.24, 2.45) is 0 Å². The molecule has 0 aromatic heterocycles. The van der Waals surface area contributed by atoms with Crippen LogP contribution in [-0.4, -0.2) is 20.9 Å². The lowest BCUT2D eigenvalue weighted by Crippen LogP contribution is -2.38. The van der Waals surface area contributed by atoms with Gasteiger partial charge < -0.3 is 10.2 Å². The quantitative estimate of drug-likeness (QED) is 0.874. The Morgan fingerprint density at radius 3 is 2.65 bits per heavy atom. The first-order valence-corrected chi connectivity index (χ1v) is 9.00. The van der Waals surface area contributed by atoms with Crippen LogP contribution < -0.4 is 10.2 Å². The van der Waals surface area contributed by atoms with Gasteiger partial charge in [0.1, 0.15) is 0 Å². The Morgan fingerprint density at radius 2 is 1.87 bits per heavy atom. The molecule has 118 valence electrons. The molecule has 0 radical (unpaired) electrons. The van der Waals surface area contributed by atoms with Crippen molar-refractivity contribution in [2.75, 3.05) is 11.4 Å². The predicted molar refractivity (Wildman–Crippen MR) is 86.5 cm³/mol. The molecule has 0 fully saturated rings. The Hall–Kier alpha value is -2.34. The van der Waals surface area contributed by atoms with Crippen molar-refractivity contribution in [3.8, 4) is 0 Å². The standard InChI is InChI=1S/C17H16N2O3S/c1-11(20)18-13-9-10-19-14-6-2-3-7-15(14)23(21,22)16-8-4-5-12(13)17(16)19/h2-8,13H,9-10H2,1H3,(H,18,20). The fourth-order valence-electron chi connectivity index (χ4n) is 3.51. The maximum absolute atomic E-state index is 12.9. The summed E-state index contributed by atoms with van der Waals surface area (Å²) in [6.07, 6.45) is 0.740. The molecule has 0 saturated heterocycles. The number of nitrogens with one attached hydrogen (secondary N) is 1. The van der Waals surface area contributed by atoms with E-state index in [1.807, 2.05) is 18.2 Å². The summed E-state index contributed by atoms with van der Waals surface area (Å²) in [5.41, 5.74) is 2.28. The summed E-state index contributed by atoms with van der Waals surface area (Å²) in [6.45, 7) is 2.15. The minimum Gasteiger partial charge on any atom is -0.349 e. The predicted octanol–water partition coefficient (Wildman–Crippen LogP) is 2.55. The average Bonchev–Trinajstić information content (AvgIpc) is 2.53. The van der Waals surface area contributed by atoms with Crippen molar-refractivity contribution in [2.45, 2.75) is 29.2 Å². The van der Waals surface area contributed by atoms with E-state index in [0.717, 1.165) is 12.0 Å². The molecule has 23 heavy (non-hydrogen) atoms. The van der Waals surface area contributed by atoms with E-state index in [1.165, 1.54) is 6.92 Å². The summed E-state index contributed by atoms with van der Waals surface area (Å²) in [6, 6.07) is 12.2. The van der Waals surface area contributed by atoms with E-state index in [4.69, 9.17) is 0 Å². The molecule has 4 rings (SSSR count). The molecule has 0 saturated carbocycles. The normalized spacial score (nSPS) is 20.4. The van der Waals surface area contributed by atoms with Crippen molar-refractivity contribution in [1.29, 1.82) is 0 Å². The molecule has 5 nitrogen and oxygen atoms in total. The molecule has 6 heteroatoms. The van der Waals surface area contributed by atoms with Crippen LogP contribution in [0.3, 0.4) is 0 Å². The van der Waals surface area contributed by atoms with Gasteiger partial charge in [0.15, 0.2) is 0 Å². The first-order valence-electron chi connectivity index (χ1n) is 7.52. The molecule has 2 aliphatic heterocycles. The molecule has 2 heterocycles. The lowest BCUT2D eigenvalue weighted by molar-refractivity contribution is -0.119. The molecule has 2 aliphatic rings. The number of carbonyl (C=O) groups is 1. The Labute approximate surface area is 134 Å². The van der Waals surface area contributed by atoms with E-state index in [-0.39, 0.29) is 11.9 Å². The fourth-order valence-corrected chi connectivity index (χ4v) is 5.20. The summed E-state index contributed by atoms with van der Waals surface area (Å²) in [7, 11) is -3.54. The van der Waals surface area contributed by atoms with Crippen LogP contribution in [0.15, 0.2) is 52.3 Å². The summed E-state index contributed by atoms with van der Waals surface area (Å²) >= 11 is 0. The van der Waals surface area contributed by atoms with E-state index in [9.17, 15) is 13.2 Å². The van der Waals surface area contributed by atoms with E-state index in [0.29, 0.717) is 27.7 Å². The van der Waals surface area contributed by atoms with Crippen molar-refractivity contribution < 1.29 is 13.2 Å². The number of rotatable bonds is 1. The largest absolute Gasteiger partial charge is 0.349 e. The van der Waals surface area contributed by atoms with Gasteiger partial charge in [-0.2, -0.15) is 0 Å². The summed E-state index contributed by atoms with van der Waals surface area (Å²) in [5, 5.41) is 2.92. The highest BCUT2D eigenvalue weighted by molar-refractivity contribution is 7.92. The Kier molecular flexibility index (Phi) is 2.99. The number of amides is 1. The topological polar surface area (TPSA) is 66.5 Å². The van der Waals surface area contributed by atoms with Crippen LogP contribution in [0.1, 0.15) is 24.9 Å². The molecule has 2 aromatic carbocycles. The third-order valence-electron chi connectivity index (χ3n) is 4.43. The van der Waals surface area contributed by atoms with Gasteiger partial charge in [0.05, 0.1) is 27.2 Å². The third-order valence-corrected chi connectivity index (χ3v) is 6.26. The van der Waals surface area contributed by atoms with Gasteiger partial charge in [-0.15, -0.1) is 0 Å². The smallest absolute Gasteiger partial charge is 0.217 e. The second-order valence-electron chi connectivity index (χ2n) is 5.86. The zero-order valence-electron chi connectivity index (χ0n) is 12.6. The number of carbonyl (C=O) groups excluding carboxylic acids is 1. The average molecular weight is 328 g/mol. The first-order chi connectivity index (χ1) is 11.0. The molecule has 0 bridgehead atoms. The van der Waals surface area contributed by atoms with Crippen LogP contribution >= 0.6 is 0 Å². The van der Waals surface area contributed by atoms with Crippen molar-refractivity contribution >= 4 is 27.1 Å². The number of hydrogen-bond acceptors (Lipinski definition) is 4.